The van der Waals surface area contributed by atoms with Crippen molar-refractivity contribution in [2.75, 3.05) is 20.7 Å². The molecule has 1 aromatic carbocycles. The number of benzene rings is 1. The SMILES string of the molecule is CNC(=O)CCC(C=O)N(C)Cc1c(C=O)cccc1CCCCO. The van der Waals surface area contributed by atoms with Crippen LogP contribution in [0.1, 0.15) is 47.2 Å². The van der Waals surface area contributed by atoms with Crippen LogP contribution in [0.4, 0.5) is 0 Å². The summed E-state index contributed by atoms with van der Waals surface area (Å²) in [5, 5.41) is 11.5. The van der Waals surface area contributed by atoms with E-state index < -0.39 is 0 Å². The van der Waals surface area contributed by atoms with Crippen molar-refractivity contribution in [3.63, 3.8) is 0 Å². The Morgan fingerprint density at radius 3 is 2.68 bits per heavy atom. The third kappa shape index (κ3) is 6.76. The first-order chi connectivity index (χ1) is 12.1. The largest absolute Gasteiger partial charge is 0.396 e. The highest BCUT2D eigenvalue weighted by Crippen LogP contribution is 2.19. The number of hydrogen-bond donors (Lipinski definition) is 2. The predicted octanol–water partition coefficient (Wildman–Crippen LogP) is 1.34. The molecule has 1 unspecified atom stereocenters. The Morgan fingerprint density at radius 2 is 2.08 bits per heavy atom. The number of rotatable bonds is 12. The van der Waals surface area contributed by atoms with Gasteiger partial charge in [-0.1, -0.05) is 18.2 Å². The maximum absolute atomic E-state index is 11.4. The number of nitrogens with one attached hydrogen (secondary N) is 1. The summed E-state index contributed by atoms with van der Waals surface area (Å²) in [6.45, 7) is 0.607. The average Bonchev–Trinajstić information content (AvgIpc) is 2.63. The Bertz CT molecular complexity index is 575. The fourth-order valence-corrected chi connectivity index (χ4v) is 2.78. The lowest BCUT2D eigenvalue weighted by molar-refractivity contribution is -0.121. The standard InChI is InChI=1S/C19H28N2O4/c1-20-19(25)10-9-17(14-24)21(2)12-18-15(6-3-4-11-22)7-5-8-16(18)13-23/h5,7-8,13-14,17,22H,3-4,6,9-12H2,1-2H3,(H,20,25). The number of likely N-dealkylation sites (N-methyl/N-ethyl adjacent to an activating group) is 1. The molecule has 0 aliphatic heterocycles. The fraction of sp³-hybridized carbons (Fsp3) is 0.526. The van der Waals surface area contributed by atoms with Gasteiger partial charge in [-0.05, 0) is 43.9 Å². The molecule has 0 bridgehead atoms. The molecule has 0 saturated carbocycles. The quantitative estimate of drug-likeness (QED) is 0.440. The van der Waals surface area contributed by atoms with Crippen LogP contribution in [0, 0.1) is 0 Å². The van der Waals surface area contributed by atoms with Gasteiger partial charge in [-0.3, -0.25) is 14.5 Å². The van der Waals surface area contributed by atoms with Gasteiger partial charge >= 0.3 is 0 Å². The van der Waals surface area contributed by atoms with Gasteiger partial charge < -0.3 is 15.2 Å². The van der Waals surface area contributed by atoms with Crippen LogP contribution in [-0.4, -0.2) is 55.2 Å². The zero-order valence-electron chi connectivity index (χ0n) is 15.0. The van der Waals surface area contributed by atoms with Crippen molar-refractivity contribution in [3.05, 3.63) is 34.9 Å². The zero-order chi connectivity index (χ0) is 18.7. The van der Waals surface area contributed by atoms with Crippen LogP contribution >= 0.6 is 0 Å². The molecule has 0 radical (unpaired) electrons. The first-order valence-corrected chi connectivity index (χ1v) is 8.60. The van der Waals surface area contributed by atoms with E-state index in [0.29, 0.717) is 24.9 Å². The molecule has 0 saturated heterocycles. The van der Waals surface area contributed by atoms with Gasteiger partial charge in [0.2, 0.25) is 5.91 Å². The highest BCUT2D eigenvalue weighted by atomic mass is 16.3. The van der Waals surface area contributed by atoms with Crippen molar-refractivity contribution in [3.8, 4) is 0 Å². The molecule has 0 aliphatic carbocycles. The van der Waals surface area contributed by atoms with Crippen LogP contribution in [0.15, 0.2) is 18.2 Å². The lowest BCUT2D eigenvalue weighted by Gasteiger charge is -2.25. The second-order valence-electron chi connectivity index (χ2n) is 6.11. The van der Waals surface area contributed by atoms with Crippen molar-refractivity contribution in [1.82, 2.24) is 10.2 Å². The highest BCUT2D eigenvalue weighted by molar-refractivity contribution is 5.78. The third-order valence-corrected chi connectivity index (χ3v) is 4.37. The van der Waals surface area contributed by atoms with Crippen LogP contribution < -0.4 is 5.32 Å². The Hall–Kier alpha value is -2.05. The summed E-state index contributed by atoms with van der Waals surface area (Å²) in [5.41, 5.74) is 2.58. The molecule has 2 N–H and O–H groups in total. The number of hydrogen-bond acceptors (Lipinski definition) is 5. The molecule has 1 rings (SSSR count). The monoisotopic (exact) mass is 348 g/mol. The maximum Gasteiger partial charge on any atom is 0.219 e. The van der Waals surface area contributed by atoms with E-state index in [1.54, 1.807) is 13.1 Å². The Labute approximate surface area is 149 Å². The summed E-state index contributed by atoms with van der Waals surface area (Å²) in [4.78, 5) is 36.1. The van der Waals surface area contributed by atoms with E-state index >= 15 is 0 Å². The molecule has 1 aromatic rings. The first-order valence-electron chi connectivity index (χ1n) is 8.60. The molecule has 0 heterocycles. The number of aryl methyl sites for hydroxylation is 1. The van der Waals surface area contributed by atoms with Gasteiger partial charge in [0.05, 0.1) is 6.04 Å². The van der Waals surface area contributed by atoms with Crippen molar-refractivity contribution in [2.24, 2.45) is 0 Å². The molecule has 0 aliphatic rings. The maximum atomic E-state index is 11.4. The summed E-state index contributed by atoms with van der Waals surface area (Å²) in [6, 6.07) is 5.21. The topological polar surface area (TPSA) is 86.7 Å². The summed E-state index contributed by atoms with van der Waals surface area (Å²) < 4.78 is 0. The van der Waals surface area contributed by atoms with Crippen LogP contribution in [0.5, 0.6) is 0 Å². The zero-order valence-corrected chi connectivity index (χ0v) is 15.0. The molecule has 0 aromatic heterocycles. The minimum Gasteiger partial charge on any atom is -0.396 e. The average molecular weight is 348 g/mol. The summed E-state index contributed by atoms with van der Waals surface area (Å²) >= 11 is 0. The smallest absolute Gasteiger partial charge is 0.219 e. The summed E-state index contributed by atoms with van der Waals surface area (Å²) in [5.74, 6) is -0.0989. The van der Waals surface area contributed by atoms with Crippen LogP contribution in [0.25, 0.3) is 0 Å². The normalized spacial score (nSPS) is 12.0. The lowest BCUT2D eigenvalue weighted by atomic mass is 9.96. The second kappa shape index (κ2) is 11.5. The molecule has 138 valence electrons. The van der Waals surface area contributed by atoms with Crippen molar-refractivity contribution >= 4 is 18.5 Å². The van der Waals surface area contributed by atoms with Gasteiger partial charge in [0, 0.05) is 32.2 Å². The first kappa shape index (κ1) is 21.0. The summed E-state index contributed by atoms with van der Waals surface area (Å²) in [7, 11) is 3.39. The number of aldehydes is 2. The minimum atomic E-state index is -0.387. The number of unbranched alkanes of at least 4 members (excludes halogenated alkanes) is 1. The number of aliphatic hydroxyl groups excluding tert-OH is 1. The van der Waals surface area contributed by atoms with Crippen LogP contribution in [0.3, 0.4) is 0 Å². The van der Waals surface area contributed by atoms with E-state index in [4.69, 9.17) is 5.11 Å². The van der Waals surface area contributed by atoms with Gasteiger partial charge in [0.25, 0.3) is 0 Å². The highest BCUT2D eigenvalue weighted by Gasteiger charge is 2.18. The van der Waals surface area contributed by atoms with Gasteiger partial charge in [-0.25, -0.2) is 0 Å². The van der Waals surface area contributed by atoms with Gasteiger partial charge in [0.15, 0.2) is 0 Å². The van der Waals surface area contributed by atoms with E-state index in [1.807, 2.05) is 24.1 Å². The molecular weight excluding hydrogens is 320 g/mol. The minimum absolute atomic E-state index is 0.0989. The van der Waals surface area contributed by atoms with E-state index in [0.717, 1.165) is 36.5 Å². The Morgan fingerprint density at radius 1 is 1.32 bits per heavy atom. The number of amides is 1. The van der Waals surface area contributed by atoms with Crippen LogP contribution in [0.2, 0.25) is 0 Å². The van der Waals surface area contributed by atoms with Crippen molar-refractivity contribution < 1.29 is 19.5 Å². The van der Waals surface area contributed by atoms with Gasteiger partial charge in [-0.15, -0.1) is 0 Å². The van der Waals surface area contributed by atoms with Gasteiger partial charge in [0.1, 0.15) is 12.6 Å². The number of aliphatic hydroxyl groups is 1. The molecule has 0 spiro atoms. The molecule has 0 fully saturated rings. The van der Waals surface area contributed by atoms with Crippen molar-refractivity contribution in [1.29, 1.82) is 0 Å². The molecule has 6 nitrogen and oxygen atoms in total. The summed E-state index contributed by atoms with van der Waals surface area (Å²) in [6.07, 6.45) is 4.71. The molecule has 25 heavy (non-hydrogen) atoms. The van der Waals surface area contributed by atoms with Gasteiger partial charge in [-0.2, -0.15) is 0 Å². The molecular formula is C19H28N2O4. The fourth-order valence-electron chi connectivity index (χ4n) is 2.78. The van der Waals surface area contributed by atoms with E-state index in [1.165, 1.54) is 0 Å². The predicted molar refractivity (Wildman–Crippen MR) is 96.5 cm³/mol. The Balaban J connectivity index is 2.88. The molecule has 6 heteroatoms. The number of carbonyl (C=O) groups excluding carboxylic acids is 3. The number of nitrogens with zero attached hydrogens (tertiary/aromatic N) is 1. The lowest BCUT2D eigenvalue weighted by Crippen LogP contribution is -2.34. The van der Waals surface area contributed by atoms with E-state index in [9.17, 15) is 14.4 Å². The van der Waals surface area contributed by atoms with Crippen LogP contribution in [-0.2, 0) is 22.6 Å². The van der Waals surface area contributed by atoms with Crippen molar-refractivity contribution in [2.45, 2.75) is 44.7 Å². The second-order valence-corrected chi connectivity index (χ2v) is 6.11. The number of carbonyl (C=O) groups is 3. The molecule has 1 atom stereocenters. The molecule has 1 amide bonds. The third-order valence-electron chi connectivity index (χ3n) is 4.37. The van der Waals surface area contributed by atoms with E-state index in [2.05, 4.69) is 5.32 Å². The van der Waals surface area contributed by atoms with E-state index in [-0.39, 0.29) is 25.0 Å². The Kier molecular flexibility index (Phi) is 9.65.